The number of nitrogen functional groups attached to an aromatic ring is 1. The Morgan fingerprint density at radius 3 is 2.29 bits per heavy atom. The van der Waals surface area contributed by atoms with Crippen LogP contribution in [0.25, 0.3) is 11.1 Å². The van der Waals surface area contributed by atoms with Crippen LogP contribution in [0.4, 0.5) is 16.2 Å². The topological polar surface area (TPSA) is 84.7 Å². The highest BCUT2D eigenvalue weighted by atomic mass is 16.6. The molecule has 2 amide bonds. The predicted molar refractivity (Wildman–Crippen MR) is 137 cm³/mol. The number of ether oxygens (including phenoxy) is 1. The van der Waals surface area contributed by atoms with E-state index in [9.17, 15) is 9.59 Å². The maximum atomic E-state index is 12.9. The molecule has 1 heterocycles. The van der Waals surface area contributed by atoms with E-state index in [0.717, 1.165) is 22.3 Å². The first-order valence-corrected chi connectivity index (χ1v) is 11.4. The van der Waals surface area contributed by atoms with Gasteiger partial charge in [0.1, 0.15) is 6.61 Å². The van der Waals surface area contributed by atoms with Crippen molar-refractivity contribution < 1.29 is 14.3 Å². The third-order valence-electron chi connectivity index (χ3n) is 6.14. The summed E-state index contributed by atoms with van der Waals surface area (Å²) in [6, 6.07) is 32.4. The average molecular weight is 464 g/mol. The Kier molecular flexibility index (Phi) is 6.18. The summed E-state index contributed by atoms with van der Waals surface area (Å²) in [7, 11) is 0. The largest absolute Gasteiger partial charge is 0.447 e. The van der Waals surface area contributed by atoms with Gasteiger partial charge in [0.15, 0.2) is 0 Å². The van der Waals surface area contributed by atoms with Gasteiger partial charge in [-0.3, -0.25) is 9.69 Å². The minimum Gasteiger partial charge on any atom is -0.447 e. The second-order valence-electron chi connectivity index (χ2n) is 8.45. The van der Waals surface area contributed by atoms with Gasteiger partial charge in [0.05, 0.1) is 17.4 Å². The fourth-order valence-corrected chi connectivity index (χ4v) is 4.20. The van der Waals surface area contributed by atoms with Gasteiger partial charge in [0.25, 0.3) is 5.91 Å². The lowest BCUT2D eigenvalue weighted by Gasteiger charge is -2.22. The van der Waals surface area contributed by atoms with Gasteiger partial charge in [-0.1, -0.05) is 78.9 Å². The molecule has 0 saturated carbocycles. The zero-order valence-corrected chi connectivity index (χ0v) is 19.1. The number of anilines is 2. The molecule has 1 saturated heterocycles. The number of rotatable bonds is 6. The first-order valence-electron chi connectivity index (χ1n) is 11.4. The molecular formula is C29H25N3O3. The molecule has 1 aliphatic heterocycles. The van der Waals surface area contributed by atoms with E-state index in [-0.39, 0.29) is 18.0 Å². The van der Waals surface area contributed by atoms with Crippen molar-refractivity contribution in [2.24, 2.45) is 0 Å². The van der Waals surface area contributed by atoms with E-state index >= 15 is 0 Å². The average Bonchev–Trinajstić information content (AvgIpc) is 3.26. The van der Waals surface area contributed by atoms with Gasteiger partial charge < -0.3 is 15.8 Å². The molecule has 35 heavy (non-hydrogen) atoms. The molecule has 1 atom stereocenters. The van der Waals surface area contributed by atoms with Crippen LogP contribution >= 0.6 is 0 Å². The Morgan fingerprint density at radius 1 is 0.886 bits per heavy atom. The number of benzene rings is 4. The maximum absolute atomic E-state index is 12.9. The fourth-order valence-electron chi connectivity index (χ4n) is 4.20. The van der Waals surface area contributed by atoms with Crippen LogP contribution in [0.2, 0.25) is 0 Å². The zero-order valence-electron chi connectivity index (χ0n) is 19.1. The number of amides is 2. The molecule has 1 aliphatic rings. The number of nitrogens with zero attached hydrogens (tertiary/aromatic N) is 1. The van der Waals surface area contributed by atoms with Gasteiger partial charge in [0, 0.05) is 12.1 Å². The lowest BCUT2D eigenvalue weighted by atomic mass is 10.0. The summed E-state index contributed by atoms with van der Waals surface area (Å²) in [5.74, 6) is -0.254. The van der Waals surface area contributed by atoms with Gasteiger partial charge in [0.2, 0.25) is 0 Å². The van der Waals surface area contributed by atoms with Crippen molar-refractivity contribution in [1.29, 1.82) is 0 Å². The van der Waals surface area contributed by atoms with Crippen LogP contribution in [0.5, 0.6) is 0 Å². The highest BCUT2D eigenvalue weighted by Gasteiger charge is 2.33. The van der Waals surface area contributed by atoms with Crippen LogP contribution in [-0.4, -0.2) is 23.5 Å². The SMILES string of the molecule is Nc1ccc(-c2ccccc2)cc1NC(=O)c1ccc(CN2C(=O)OC[C@H]2c2ccccc2)cc1. The number of carbonyl (C=O) groups is 2. The molecule has 174 valence electrons. The normalized spacial score (nSPS) is 15.0. The minimum absolute atomic E-state index is 0.133. The van der Waals surface area contributed by atoms with E-state index in [1.165, 1.54) is 0 Å². The van der Waals surface area contributed by atoms with Crippen LogP contribution < -0.4 is 11.1 Å². The van der Waals surface area contributed by atoms with Crippen molar-refractivity contribution >= 4 is 23.4 Å². The summed E-state index contributed by atoms with van der Waals surface area (Å²) in [4.78, 5) is 26.9. The molecule has 0 bridgehead atoms. The van der Waals surface area contributed by atoms with Crippen molar-refractivity contribution in [3.05, 3.63) is 120 Å². The van der Waals surface area contributed by atoms with Crippen molar-refractivity contribution in [3.63, 3.8) is 0 Å². The lowest BCUT2D eigenvalue weighted by Crippen LogP contribution is -2.27. The lowest BCUT2D eigenvalue weighted by molar-refractivity contribution is 0.102. The van der Waals surface area contributed by atoms with Gasteiger partial charge in [-0.05, 0) is 46.5 Å². The number of hydrogen-bond acceptors (Lipinski definition) is 4. The summed E-state index contributed by atoms with van der Waals surface area (Å²) in [6.45, 7) is 0.721. The molecule has 0 aliphatic carbocycles. The first kappa shape index (κ1) is 22.2. The van der Waals surface area contributed by atoms with Crippen LogP contribution in [0, 0.1) is 0 Å². The van der Waals surface area contributed by atoms with Crippen LogP contribution in [0.3, 0.4) is 0 Å². The smallest absolute Gasteiger partial charge is 0.410 e. The van der Waals surface area contributed by atoms with Crippen LogP contribution in [-0.2, 0) is 11.3 Å². The van der Waals surface area contributed by atoms with Crippen molar-refractivity contribution in [2.75, 3.05) is 17.7 Å². The third-order valence-corrected chi connectivity index (χ3v) is 6.14. The van der Waals surface area contributed by atoms with Gasteiger partial charge in [-0.15, -0.1) is 0 Å². The highest BCUT2D eigenvalue weighted by Crippen LogP contribution is 2.30. The second-order valence-corrected chi connectivity index (χ2v) is 8.45. The quantitative estimate of drug-likeness (QED) is 0.350. The standard InChI is InChI=1S/C29H25N3O3/c30-25-16-15-24(21-7-3-1-4-8-21)17-26(25)31-28(33)23-13-11-20(12-14-23)18-32-27(19-35-29(32)34)22-9-5-2-6-10-22/h1-17,27H,18-19,30H2,(H,31,33)/t27-/m0/s1. The summed E-state index contributed by atoms with van der Waals surface area (Å²) < 4.78 is 5.30. The Morgan fingerprint density at radius 2 is 1.57 bits per heavy atom. The predicted octanol–water partition coefficient (Wildman–Crippen LogP) is 5.88. The molecule has 6 nitrogen and oxygen atoms in total. The number of carbonyl (C=O) groups excluding carboxylic acids is 2. The minimum atomic E-state index is -0.338. The Labute approximate surface area is 204 Å². The van der Waals surface area contributed by atoms with Gasteiger partial charge >= 0.3 is 6.09 Å². The van der Waals surface area contributed by atoms with E-state index in [4.69, 9.17) is 10.5 Å². The number of cyclic esters (lactones) is 1. The molecular weight excluding hydrogens is 438 g/mol. The van der Waals surface area contributed by atoms with E-state index in [1.807, 2.05) is 84.9 Å². The second kappa shape index (κ2) is 9.73. The molecule has 5 rings (SSSR count). The third kappa shape index (κ3) is 4.87. The summed E-state index contributed by atoms with van der Waals surface area (Å²) in [6.07, 6.45) is -0.338. The van der Waals surface area contributed by atoms with E-state index in [2.05, 4.69) is 5.32 Å². The first-order chi connectivity index (χ1) is 17.1. The fraction of sp³-hybridized carbons (Fsp3) is 0.103. The maximum Gasteiger partial charge on any atom is 0.410 e. The monoisotopic (exact) mass is 463 g/mol. The highest BCUT2D eigenvalue weighted by molar-refractivity contribution is 6.06. The molecule has 0 unspecified atom stereocenters. The van der Waals surface area contributed by atoms with Crippen molar-refractivity contribution in [3.8, 4) is 11.1 Å². The Hall–Kier alpha value is -4.58. The molecule has 0 aromatic heterocycles. The summed E-state index contributed by atoms with van der Waals surface area (Å²) in [5.41, 5.74) is 11.6. The summed E-state index contributed by atoms with van der Waals surface area (Å²) in [5, 5.41) is 2.92. The Balaban J connectivity index is 1.29. The summed E-state index contributed by atoms with van der Waals surface area (Å²) >= 11 is 0. The zero-order chi connectivity index (χ0) is 24.2. The molecule has 4 aromatic carbocycles. The van der Waals surface area contributed by atoms with Crippen LogP contribution in [0.1, 0.15) is 27.5 Å². The van der Waals surface area contributed by atoms with E-state index < -0.39 is 0 Å². The number of nitrogens with one attached hydrogen (secondary N) is 1. The van der Waals surface area contributed by atoms with Crippen molar-refractivity contribution in [2.45, 2.75) is 12.6 Å². The van der Waals surface area contributed by atoms with E-state index in [1.54, 1.807) is 23.1 Å². The molecule has 1 fully saturated rings. The van der Waals surface area contributed by atoms with Gasteiger partial charge in [-0.2, -0.15) is 0 Å². The van der Waals surface area contributed by atoms with Gasteiger partial charge in [-0.25, -0.2) is 4.79 Å². The molecule has 4 aromatic rings. The number of nitrogens with two attached hydrogens (primary N) is 1. The molecule has 6 heteroatoms. The molecule has 0 radical (unpaired) electrons. The van der Waals surface area contributed by atoms with Crippen LogP contribution in [0.15, 0.2) is 103 Å². The Bertz CT molecular complexity index is 1340. The van der Waals surface area contributed by atoms with Crippen molar-refractivity contribution in [1.82, 2.24) is 4.90 Å². The molecule has 0 spiro atoms. The van der Waals surface area contributed by atoms with E-state index in [0.29, 0.717) is 30.1 Å². The number of hydrogen-bond donors (Lipinski definition) is 2. The molecule has 3 N–H and O–H groups in total.